The fourth-order valence-corrected chi connectivity index (χ4v) is 3.27. The highest BCUT2D eigenvalue weighted by Gasteiger charge is 2.15. The summed E-state index contributed by atoms with van der Waals surface area (Å²) in [5.41, 5.74) is 6.02. The van der Waals surface area contributed by atoms with Gasteiger partial charge in [-0.2, -0.15) is 0 Å². The molecule has 3 N–H and O–H groups in total. The van der Waals surface area contributed by atoms with E-state index in [-0.39, 0.29) is 5.84 Å². The molecule has 17 heavy (non-hydrogen) atoms. The van der Waals surface area contributed by atoms with Gasteiger partial charge in [0.05, 0.1) is 5.02 Å². The average Bonchev–Trinajstić information content (AvgIpc) is 2.30. The van der Waals surface area contributed by atoms with E-state index in [1.165, 1.54) is 0 Å². The summed E-state index contributed by atoms with van der Waals surface area (Å²) in [6.07, 6.45) is 2.16. The van der Waals surface area contributed by atoms with Crippen LogP contribution in [-0.2, 0) is 4.74 Å². The van der Waals surface area contributed by atoms with Gasteiger partial charge in [0.2, 0.25) is 0 Å². The van der Waals surface area contributed by atoms with E-state index in [1.807, 2.05) is 30.0 Å². The molecule has 2 rings (SSSR count). The van der Waals surface area contributed by atoms with Crippen LogP contribution >= 0.6 is 23.4 Å². The van der Waals surface area contributed by atoms with Crippen molar-refractivity contribution in [1.82, 2.24) is 0 Å². The highest BCUT2D eigenvalue weighted by atomic mass is 35.5. The Kier molecular flexibility index (Phi) is 4.31. The number of nitrogens with two attached hydrogens (primary N) is 1. The molecule has 0 atom stereocenters. The monoisotopic (exact) mass is 270 g/mol. The van der Waals surface area contributed by atoms with Crippen LogP contribution in [0.1, 0.15) is 18.4 Å². The molecule has 0 aromatic heterocycles. The first kappa shape index (κ1) is 12.7. The summed E-state index contributed by atoms with van der Waals surface area (Å²) >= 11 is 7.91. The molecule has 0 saturated carbocycles. The minimum atomic E-state index is 0.0117. The number of hydrogen-bond donors (Lipinski definition) is 2. The lowest BCUT2D eigenvalue weighted by Crippen LogP contribution is -2.17. The molecular weight excluding hydrogens is 256 g/mol. The second kappa shape index (κ2) is 5.76. The maximum absolute atomic E-state index is 7.37. The lowest BCUT2D eigenvalue weighted by Gasteiger charge is -2.21. The van der Waals surface area contributed by atoms with Gasteiger partial charge in [-0.3, -0.25) is 5.41 Å². The first-order chi connectivity index (χ1) is 8.16. The molecular formula is C12H15ClN2OS. The molecule has 5 heteroatoms. The lowest BCUT2D eigenvalue weighted by molar-refractivity contribution is 0.100. The normalized spacial score (nSPS) is 17.0. The first-order valence-electron chi connectivity index (χ1n) is 5.55. The minimum absolute atomic E-state index is 0.0117. The summed E-state index contributed by atoms with van der Waals surface area (Å²) in [6.45, 7) is 1.69. The molecule has 0 unspecified atom stereocenters. The van der Waals surface area contributed by atoms with Gasteiger partial charge in [-0.25, -0.2) is 0 Å². The average molecular weight is 271 g/mol. The van der Waals surface area contributed by atoms with Crippen molar-refractivity contribution in [3.05, 3.63) is 28.8 Å². The van der Waals surface area contributed by atoms with Crippen LogP contribution < -0.4 is 5.73 Å². The van der Waals surface area contributed by atoms with Crippen LogP contribution in [0, 0.1) is 5.41 Å². The highest BCUT2D eigenvalue weighted by Crippen LogP contribution is 2.32. The molecule has 1 heterocycles. The number of rotatable bonds is 3. The van der Waals surface area contributed by atoms with Crippen molar-refractivity contribution in [2.45, 2.75) is 23.0 Å². The van der Waals surface area contributed by atoms with Crippen LogP contribution in [0.4, 0.5) is 0 Å². The third-order valence-corrected chi connectivity index (χ3v) is 4.35. The Balaban J connectivity index is 2.06. The summed E-state index contributed by atoms with van der Waals surface area (Å²) in [5, 5.41) is 8.52. The van der Waals surface area contributed by atoms with Crippen molar-refractivity contribution in [3.8, 4) is 0 Å². The number of hydrogen-bond acceptors (Lipinski definition) is 3. The van der Waals surface area contributed by atoms with E-state index < -0.39 is 0 Å². The third kappa shape index (κ3) is 3.37. The highest BCUT2D eigenvalue weighted by molar-refractivity contribution is 8.00. The van der Waals surface area contributed by atoms with Crippen LogP contribution in [0.15, 0.2) is 23.1 Å². The molecule has 1 aliphatic heterocycles. The summed E-state index contributed by atoms with van der Waals surface area (Å²) < 4.78 is 5.33. The molecule has 1 saturated heterocycles. The quantitative estimate of drug-likeness (QED) is 0.656. The molecule has 1 fully saturated rings. The molecule has 0 bridgehead atoms. The number of amidine groups is 1. The molecule has 0 radical (unpaired) electrons. The van der Waals surface area contributed by atoms with Gasteiger partial charge in [-0.15, -0.1) is 11.8 Å². The molecule has 0 spiro atoms. The Hall–Kier alpha value is -0.710. The second-order valence-corrected chi connectivity index (χ2v) is 5.77. The number of thioether (sulfide) groups is 1. The van der Waals surface area contributed by atoms with Crippen LogP contribution in [0.3, 0.4) is 0 Å². The maximum Gasteiger partial charge on any atom is 0.124 e. The number of nitrogen functional groups attached to an aromatic ring is 1. The van der Waals surface area contributed by atoms with Gasteiger partial charge in [-0.1, -0.05) is 11.6 Å². The molecule has 0 aliphatic carbocycles. The Morgan fingerprint density at radius 1 is 1.41 bits per heavy atom. The largest absolute Gasteiger partial charge is 0.384 e. The van der Waals surface area contributed by atoms with Gasteiger partial charge in [0.1, 0.15) is 5.84 Å². The van der Waals surface area contributed by atoms with Crippen LogP contribution in [-0.4, -0.2) is 24.3 Å². The lowest BCUT2D eigenvalue weighted by atomic mass is 10.2. The van der Waals surface area contributed by atoms with Crippen LogP contribution in [0.2, 0.25) is 5.02 Å². The predicted molar refractivity (Wildman–Crippen MR) is 72.2 cm³/mol. The Morgan fingerprint density at radius 3 is 2.71 bits per heavy atom. The Morgan fingerprint density at radius 2 is 2.12 bits per heavy atom. The van der Waals surface area contributed by atoms with Crippen LogP contribution in [0.25, 0.3) is 0 Å². The SMILES string of the molecule is N=C(N)c1ccc(SC2CCOCC2)cc1Cl. The fraction of sp³-hybridized carbons (Fsp3) is 0.417. The van der Waals surface area contributed by atoms with E-state index in [0.717, 1.165) is 31.0 Å². The van der Waals surface area contributed by atoms with E-state index in [9.17, 15) is 0 Å². The summed E-state index contributed by atoms with van der Waals surface area (Å²) in [4.78, 5) is 1.13. The van der Waals surface area contributed by atoms with E-state index in [4.69, 9.17) is 27.5 Å². The Bertz CT molecular complexity index is 419. The molecule has 3 nitrogen and oxygen atoms in total. The topological polar surface area (TPSA) is 59.1 Å². The van der Waals surface area contributed by atoms with Crippen LogP contribution in [0.5, 0.6) is 0 Å². The number of halogens is 1. The van der Waals surface area contributed by atoms with Gasteiger partial charge in [0, 0.05) is 28.9 Å². The number of ether oxygens (including phenoxy) is 1. The Labute approximate surface area is 110 Å². The van der Waals surface area contributed by atoms with E-state index in [0.29, 0.717) is 15.8 Å². The van der Waals surface area contributed by atoms with Gasteiger partial charge in [0.25, 0.3) is 0 Å². The van der Waals surface area contributed by atoms with E-state index >= 15 is 0 Å². The van der Waals surface area contributed by atoms with Gasteiger partial charge < -0.3 is 10.5 Å². The van der Waals surface area contributed by atoms with Crippen molar-refractivity contribution in [1.29, 1.82) is 5.41 Å². The van der Waals surface area contributed by atoms with Gasteiger partial charge in [-0.05, 0) is 31.0 Å². The van der Waals surface area contributed by atoms with Crippen molar-refractivity contribution < 1.29 is 4.74 Å². The molecule has 1 aromatic carbocycles. The number of benzene rings is 1. The standard InChI is InChI=1S/C12H15ClN2OS/c13-11-7-9(1-2-10(11)12(14)15)17-8-3-5-16-6-4-8/h1-2,7-8H,3-6H2,(H3,14,15). The minimum Gasteiger partial charge on any atom is -0.384 e. The third-order valence-electron chi connectivity index (χ3n) is 2.70. The zero-order chi connectivity index (χ0) is 12.3. The first-order valence-corrected chi connectivity index (χ1v) is 6.81. The van der Waals surface area contributed by atoms with E-state index in [2.05, 4.69) is 0 Å². The smallest absolute Gasteiger partial charge is 0.124 e. The second-order valence-electron chi connectivity index (χ2n) is 3.98. The van der Waals surface area contributed by atoms with Crippen molar-refractivity contribution >= 4 is 29.2 Å². The van der Waals surface area contributed by atoms with Gasteiger partial charge >= 0.3 is 0 Å². The molecule has 0 amide bonds. The predicted octanol–water partition coefficient (Wildman–Crippen LogP) is 2.90. The zero-order valence-electron chi connectivity index (χ0n) is 9.41. The summed E-state index contributed by atoms with van der Waals surface area (Å²) in [7, 11) is 0. The summed E-state index contributed by atoms with van der Waals surface area (Å²) in [5.74, 6) is 0.0117. The zero-order valence-corrected chi connectivity index (χ0v) is 11.0. The number of nitrogens with one attached hydrogen (secondary N) is 1. The van der Waals surface area contributed by atoms with Crippen molar-refractivity contribution in [3.63, 3.8) is 0 Å². The molecule has 92 valence electrons. The summed E-state index contributed by atoms with van der Waals surface area (Å²) in [6, 6.07) is 5.67. The molecule has 1 aromatic rings. The molecule has 1 aliphatic rings. The van der Waals surface area contributed by atoms with Gasteiger partial charge in [0.15, 0.2) is 0 Å². The van der Waals surface area contributed by atoms with Crippen molar-refractivity contribution in [2.24, 2.45) is 5.73 Å². The maximum atomic E-state index is 7.37. The van der Waals surface area contributed by atoms with Crippen molar-refractivity contribution in [2.75, 3.05) is 13.2 Å². The van der Waals surface area contributed by atoms with E-state index in [1.54, 1.807) is 0 Å². The fourth-order valence-electron chi connectivity index (χ4n) is 1.77.